The normalized spacial score (nSPS) is 15.6. The third-order valence-corrected chi connectivity index (χ3v) is 5.94. The number of rotatable bonds is 4. The molecule has 0 bridgehead atoms. The van der Waals surface area contributed by atoms with Crippen molar-refractivity contribution in [1.82, 2.24) is 4.31 Å². The van der Waals surface area contributed by atoms with Crippen molar-refractivity contribution in [1.29, 1.82) is 0 Å². The minimum Gasteiger partial charge on any atom is -0.423 e. The van der Waals surface area contributed by atoms with Gasteiger partial charge in [-0.2, -0.15) is 4.31 Å². The Balaban J connectivity index is 1.87. The fourth-order valence-electron chi connectivity index (χ4n) is 2.42. The Morgan fingerprint density at radius 3 is 2.42 bits per heavy atom. The molecular formula is C17H15ClFNO5S. The lowest BCUT2D eigenvalue weighted by Crippen LogP contribution is -2.41. The zero-order chi connectivity index (χ0) is 18.7. The van der Waals surface area contributed by atoms with Crippen LogP contribution in [0.4, 0.5) is 4.39 Å². The van der Waals surface area contributed by atoms with E-state index in [2.05, 4.69) is 0 Å². The summed E-state index contributed by atoms with van der Waals surface area (Å²) in [6, 6.07) is 9.17. The molecule has 0 N–H and O–H groups in total. The number of esters is 1. The monoisotopic (exact) mass is 399 g/mol. The average Bonchev–Trinajstić information content (AvgIpc) is 2.64. The lowest BCUT2D eigenvalue weighted by molar-refractivity contribution is 0.0726. The molecule has 2 aromatic carbocycles. The third-order valence-electron chi connectivity index (χ3n) is 3.78. The van der Waals surface area contributed by atoms with Gasteiger partial charge in [0.25, 0.3) is 0 Å². The third kappa shape index (κ3) is 4.04. The van der Waals surface area contributed by atoms with Gasteiger partial charge in [-0.1, -0.05) is 11.6 Å². The van der Waals surface area contributed by atoms with Gasteiger partial charge in [0.1, 0.15) is 16.5 Å². The number of halogens is 2. The highest BCUT2D eigenvalue weighted by Gasteiger charge is 2.30. The summed E-state index contributed by atoms with van der Waals surface area (Å²) >= 11 is 5.77. The molecule has 138 valence electrons. The van der Waals surface area contributed by atoms with Gasteiger partial charge in [0.15, 0.2) is 0 Å². The van der Waals surface area contributed by atoms with Crippen LogP contribution < -0.4 is 4.74 Å². The van der Waals surface area contributed by atoms with E-state index in [9.17, 15) is 17.6 Å². The second kappa shape index (κ2) is 7.71. The minimum absolute atomic E-state index is 0.0758. The second-order valence-electron chi connectivity index (χ2n) is 5.51. The van der Waals surface area contributed by atoms with Gasteiger partial charge in [0.05, 0.1) is 18.8 Å². The van der Waals surface area contributed by atoms with Crippen LogP contribution in [0.3, 0.4) is 0 Å². The fourth-order valence-corrected chi connectivity index (χ4v) is 4.05. The van der Waals surface area contributed by atoms with Crippen LogP contribution >= 0.6 is 11.6 Å². The van der Waals surface area contributed by atoms with Crippen LogP contribution in [0.1, 0.15) is 10.4 Å². The van der Waals surface area contributed by atoms with E-state index < -0.39 is 26.7 Å². The summed E-state index contributed by atoms with van der Waals surface area (Å²) < 4.78 is 50.8. The van der Waals surface area contributed by atoms with E-state index in [0.717, 1.165) is 16.4 Å². The second-order valence-corrected chi connectivity index (χ2v) is 7.85. The van der Waals surface area contributed by atoms with Crippen LogP contribution in [0.15, 0.2) is 47.4 Å². The Labute approximate surface area is 155 Å². The van der Waals surface area contributed by atoms with E-state index in [-0.39, 0.29) is 37.6 Å². The molecule has 0 amide bonds. The average molecular weight is 400 g/mol. The number of hydrogen-bond acceptors (Lipinski definition) is 5. The van der Waals surface area contributed by atoms with E-state index >= 15 is 0 Å². The summed E-state index contributed by atoms with van der Waals surface area (Å²) in [5.41, 5.74) is -0.0758. The van der Waals surface area contributed by atoms with E-state index in [1.54, 1.807) is 12.1 Å². The van der Waals surface area contributed by atoms with E-state index in [1.807, 2.05) is 0 Å². The number of carbonyl (C=O) groups excluding carboxylic acids is 1. The molecule has 2 aromatic rings. The van der Waals surface area contributed by atoms with Crippen LogP contribution in [-0.4, -0.2) is 45.0 Å². The predicted octanol–water partition coefficient (Wildman–Crippen LogP) is 2.72. The summed E-state index contributed by atoms with van der Waals surface area (Å²) in [5, 5.41) is 0.477. The van der Waals surface area contributed by atoms with Gasteiger partial charge in [-0.25, -0.2) is 17.6 Å². The molecule has 0 unspecified atom stereocenters. The van der Waals surface area contributed by atoms with Crippen molar-refractivity contribution in [3.8, 4) is 5.75 Å². The Kier molecular flexibility index (Phi) is 5.57. The lowest BCUT2D eigenvalue weighted by Gasteiger charge is -2.26. The number of hydrogen-bond donors (Lipinski definition) is 0. The largest absolute Gasteiger partial charge is 0.423 e. The van der Waals surface area contributed by atoms with E-state index in [1.165, 1.54) is 18.2 Å². The maximum atomic E-state index is 14.2. The summed E-state index contributed by atoms with van der Waals surface area (Å²) in [7, 11) is -4.07. The fraction of sp³-hybridized carbons (Fsp3) is 0.235. The first-order valence-electron chi connectivity index (χ1n) is 7.73. The zero-order valence-electron chi connectivity index (χ0n) is 13.5. The molecule has 6 nitrogen and oxygen atoms in total. The number of morpholine rings is 1. The molecule has 0 atom stereocenters. The molecule has 0 saturated carbocycles. The summed E-state index contributed by atoms with van der Waals surface area (Å²) in [6.45, 7) is 0.723. The van der Waals surface area contributed by atoms with Crippen molar-refractivity contribution in [2.75, 3.05) is 26.3 Å². The molecule has 0 aliphatic carbocycles. The number of benzene rings is 2. The smallest absolute Gasteiger partial charge is 0.343 e. The molecule has 1 aliphatic rings. The van der Waals surface area contributed by atoms with Crippen LogP contribution in [0.25, 0.3) is 0 Å². The lowest BCUT2D eigenvalue weighted by atomic mass is 10.2. The first-order valence-corrected chi connectivity index (χ1v) is 9.55. The van der Waals surface area contributed by atoms with Gasteiger partial charge >= 0.3 is 5.97 Å². The molecule has 1 heterocycles. The highest BCUT2D eigenvalue weighted by atomic mass is 35.5. The van der Waals surface area contributed by atoms with Crippen LogP contribution in [0.2, 0.25) is 5.02 Å². The Bertz CT molecular complexity index is 911. The van der Waals surface area contributed by atoms with Crippen molar-refractivity contribution in [3.05, 3.63) is 58.9 Å². The molecule has 3 rings (SSSR count). The molecule has 1 saturated heterocycles. The minimum atomic E-state index is -4.07. The molecule has 0 radical (unpaired) electrons. The first-order chi connectivity index (χ1) is 12.4. The predicted molar refractivity (Wildman–Crippen MR) is 92.4 cm³/mol. The van der Waals surface area contributed by atoms with Crippen LogP contribution in [-0.2, 0) is 14.8 Å². The number of nitrogens with zero attached hydrogens (tertiary/aromatic N) is 1. The number of carbonyl (C=O) groups is 1. The van der Waals surface area contributed by atoms with Crippen LogP contribution in [0.5, 0.6) is 5.75 Å². The zero-order valence-corrected chi connectivity index (χ0v) is 15.1. The maximum Gasteiger partial charge on any atom is 0.343 e. The van der Waals surface area contributed by atoms with Crippen molar-refractivity contribution < 1.29 is 27.1 Å². The van der Waals surface area contributed by atoms with Gasteiger partial charge in [0.2, 0.25) is 10.0 Å². The summed E-state index contributed by atoms with van der Waals surface area (Å²) in [4.78, 5) is 11.7. The van der Waals surface area contributed by atoms with Crippen LogP contribution in [0, 0.1) is 5.82 Å². The van der Waals surface area contributed by atoms with Crippen molar-refractivity contribution in [2.24, 2.45) is 0 Å². The van der Waals surface area contributed by atoms with Crippen molar-refractivity contribution in [3.63, 3.8) is 0 Å². The Morgan fingerprint density at radius 1 is 1.12 bits per heavy atom. The Hall–Kier alpha value is -2.00. The topological polar surface area (TPSA) is 72.9 Å². The van der Waals surface area contributed by atoms with Gasteiger partial charge in [-0.05, 0) is 42.5 Å². The molecule has 1 aliphatic heterocycles. The molecule has 9 heteroatoms. The first kappa shape index (κ1) is 18.8. The van der Waals surface area contributed by atoms with Gasteiger partial charge < -0.3 is 9.47 Å². The molecule has 0 aromatic heterocycles. The molecular weight excluding hydrogens is 385 g/mol. The standard InChI is InChI=1S/C17H15ClFNO5S/c18-13-2-4-14(5-3-13)25-17(21)12-1-6-15(19)16(11-12)26(22,23)20-7-9-24-10-8-20/h1-6,11H,7-10H2. The molecule has 0 spiro atoms. The maximum absolute atomic E-state index is 14.2. The van der Waals surface area contributed by atoms with E-state index in [0.29, 0.717) is 5.02 Å². The van der Waals surface area contributed by atoms with Gasteiger partial charge in [0, 0.05) is 18.1 Å². The number of sulfonamides is 1. The quantitative estimate of drug-likeness (QED) is 0.584. The van der Waals surface area contributed by atoms with Crippen molar-refractivity contribution in [2.45, 2.75) is 4.90 Å². The molecule has 1 fully saturated rings. The summed E-state index contributed by atoms with van der Waals surface area (Å²) in [5.74, 6) is -1.49. The van der Waals surface area contributed by atoms with Gasteiger partial charge in [-0.15, -0.1) is 0 Å². The highest BCUT2D eigenvalue weighted by Crippen LogP contribution is 2.23. The summed E-state index contributed by atoms with van der Waals surface area (Å²) in [6.07, 6.45) is 0. The SMILES string of the molecule is O=C(Oc1ccc(Cl)cc1)c1ccc(F)c(S(=O)(=O)N2CCOCC2)c1. The highest BCUT2D eigenvalue weighted by molar-refractivity contribution is 7.89. The van der Waals surface area contributed by atoms with Gasteiger partial charge in [-0.3, -0.25) is 0 Å². The van der Waals surface area contributed by atoms with E-state index in [4.69, 9.17) is 21.1 Å². The number of ether oxygens (including phenoxy) is 2. The van der Waals surface area contributed by atoms with Crippen molar-refractivity contribution >= 4 is 27.6 Å². The molecule has 26 heavy (non-hydrogen) atoms. The Morgan fingerprint density at radius 2 is 1.77 bits per heavy atom.